The van der Waals surface area contributed by atoms with Gasteiger partial charge in [0.1, 0.15) is 17.5 Å². The maximum Gasteiger partial charge on any atom is 0.255 e. The van der Waals surface area contributed by atoms with Gasteiger partial charge >= 0.3 is 0 Å². The summed E-state index contributed by atoms with van der Waals surface area (Å²) in [5, 5.41) is 15.1. The van der Waals surface area contributed by atoms with Gasteiger partial charge in [-0.3, -0.25) is 4.79 Å². The van der Waals surface area contributed by atoms with E-state index in [4.69, 9.17) is 4.98 Å². The molecule has 0 spiro atoms. The highest BCUT2D eigenvalue weighted by Crippen LogP contribution is 2.30. The van der Waals surface area contributed by atoms with E-state index < -0.39 is 0 Å². The van der Waals surface area contributed by atoms with Crippen molar-refractivity contribution in [2.24, 2.45) is 10.2 Å². The highest BCUT2D eigenvalue weighted by molar-refractivity contribution is 7.99. The number of carbonyl (C=O) groups is 1. The number of nitrogens with zero attached hydrogens (tertiary/aromatic N) is 5. The van der Waals surface area contributed by atoms with E-state index in [-0.39, 0.29) is 5.91 Å². The third kappa shape index (κ3) is 5.20. The molecule has 0 unspecified atom stereocenters. The first-order valence-corrected chi connectivity index (χ1v) is 11.6. The lowest BCUT2D eigenvalue weighted by Gasteiger charge is -2.32. The van der Waals surface area contributed by atoms with E-state index in [1.165, 1.54) is 18.2 Å². The van der Waals surface area contributed by atoms with Crippen molar-refractivity contribution >= 4 is 46.5 Å². The van der Waals surface area contributed by atoms with Crippen LogP contribution in [0.4, 0.5) is 17.3 Å². The van der Waals surface area contributed by atoms with Gasteiger partial charge in [0.15, 0.2) is 5.16 Å². The maximum absolute atomic E-state index is 12.4. The Kier molecular flexibility index (Phi) is 6.03. The lowest BCUT2D eigenvalue weighted by Crippen LogP contribution is -2.37. The standard InChI is InChI=1S/C24H23N7OS/c1-16-14-21(30-29-16)26-20-15-22(31-12-5-13-31)28-24(27-20)33-19-10-8-18(9-11-19)25-23(32)17-6-3-2-4-7-17/h2-4,6-11,15H,5,12-14H2,1H3,(H,25,32)(H,26,27,28,30). The molecule has 0 bridgehead atoms. The predicted molar refractivity (Wildman–Crippen MR) is 133 cm³/mol. The van der Waals surface area contributed by atoms with Crippen LogP contribution in [-0.2, 0) is 0 Å². The van der Waals surface area contributed by atoms with Gasteiger partial charge in [0.25, 0.3) is 5.91 Å². The van der Waals surface area contributed by atoms with Gasteiger partial charge < -0.3 is 15.5 Å². The molecule has 3 aromatic rings. The topological polar surface area (TPSA) is 94.9 Å². The minimum Gasteiger partial charge on any atom is -0.356 e. The predicted octanol–water partition coefficient (Wildman–Crippen LogP) is 4.68. The molecule has 9 heteroatoms. The van der Waals surface area contributed by atoms with Gasteiger partial charge in [0.05, 0.1) is 0 Å². The van der Waals surface area contributed by atoms with E-state index >= 15 is 0 Å². The number of nitrogens with one attached hydrogen (secondary N) is 2. The fourth-order valence-corrected chi connectivity index (χ4v) is 4.18. The van der Waals surface area contributed by atoms with E-state index in [0.717, 1.165) is 41.0 Å². The molecule has 2 aliphatic heterocycles. The number of anilines is 3. The molecule has 0 radical (unpaired) electrons. The molecule has 1 saturated heterocycles. The molecule has 166 valence electrons. The number of hydrogen-bond donors (Lipinski definition) is 2. The number of aromatic nitrogens is 2. The third-order valence-electron chi connectivity index (χ3n) is 5.27. The normalized spacial score (nSPS) is 14.9. The average Bonchev–Trinajstić information content (AvgIpc) is 3.19. The zero-order valence-electron chi connectivity index (χ0n) is 18.2. The molecule has 1 aromatic heterocycles. The van der Waals surface area contributed by atoms with Crippen LogP contribution in [0.2, 0.25) is 0 Å². The quantitative estimate of drug-likeness (QED) is 0.522. The fourth-order valence-electron chi connectivity index (χ4n) is 3.41. The zero-order chi connectivity index (χ0) is 22.6. The van der Waals surface area contributed by atoms with Crippen LogP contribution in [0.3, 0.4) is 0 Å². The first-order chi connectivity index (χ1) is 16.1. The van der Waals surface area contributed by atoms with Crippen molar-refractivity contribution in [3.05, 3.63) is 66.2 Å². The molecule has 2 aromatic carbocycles. The molecule has 1 amide bonds. The Labute approximate surface area is 196 Å². The van der Waals surface area contributed by atoms with Crippen molar-refractivity contribution in [1.82, 2.24) is 9.97 Å². The SMILES string of the molecule is CC1=NN=C(Nc2cc(N3CCC3)nc(Sc3ccc(NC(=O)c4ccccc4)cc3)n2)C1. The Balaban J connectivity index is 1.29. The third-order valence-corrected chi connectivity index (χ3v) is 6.14. The van der Waals surface area contributed by atoms with Crippen LogP contribution < -0.4 is 15.5 Å². The second-order valence-corrected chi connectivity index (χ2v) is 8.91. The molecule has 5 rings (SSSR count). The molecule has 2 N–H and O–H groups in total. The molecule has 3 heterocycles. The largest absolute Gasteiger partial charge is 0.356 e. The molecular formula is C24H23N7OS. The lowest BCUT2D eigenvalue weighted by molar-refractivity contribution is 0.102. The summed E-state index contributed by atoms with van der Waals surface area (Å²) in [6.07, 6.45) is 1.87. The Bertz CT molecular complexity index is 1220. The first kappa shape index (κ1) is 21.1. The molecule has 2 aliphatic rings. The molecule has 0 saturated carbocycles. The summed E-state index contributed by atoms with van der Waals surface area (Å²) in [4.78, 5) is 25.0. The van der Waals surface area contributed by atoms with Gasteiger partial charge in [-0.25, -0.2) is 9.97 Å². The summed E-state index contributed by atoms with van der Waals surface area (Å²) in [6.45, 7) is 3.95. The van der Waals surface area contributed by atoms with E-state index in [2.05, 4.69) is 30.7 Å². The summed E-state index contributed by atoms with van der Waals surface area (Å²) in [6, 6.07) is 18.8. The minimum atomic E-state index is -0.133. The second kappa shape index (κ2) is 9.41. The van der Waals surface area contributed by atoms with E-state index in [1.54, 1.807) is 12.1 Å². The van der Waals surface area contributed by atoms with Crippen LogP contribution in [0.5, 0.6) is 0 Å². The number of rotatable bonds is 6. The summed E-state index contributed by atoms with van der Waals surface area (Å²) in [7, 11) is 0. The highest BCUT2D eigenvalue weighted by atomic mass is 32.2. The van der Waals surface area contributed by atoms with Crippen molar-refractivity contribution < 1.29 is 4.79 Å². The number of benzene rings is 2. The van der Waals surface area contributed by atoms with Crippen molar-refractivity contribution in [2.45, 2.75) is 29.8 Å². The molecular weight excluding hydrogens is 434 g/mol. The summed E-state index contributed by atoms with van der Waals surface area (Å²) in [5.74, 6) is 2.27. The van der Waals surface area contributed by atoms with Crippen molar-refractivity contribution in [3.8, 4) is 0 Å². The molecule has 1 fully saturated rings. The van der Waals surface area contributed by atoms with Crippen molar-refractivity contribution in [1.29, 1.82) is 0 Å². The molecule has 0 aliphatic carbocycles. The van der Waals surface area contributed by atoms with Gasteiger partial charge in [-0.2, -0.15) is 5.10 Å². The first-order valence-electron chi connectivity index (χ1n) is 10.8. The molecule has 0 atom stereocenters. The summed E-state index contributed by atoms with van der Waals surface area (Å²) >= 11 is 1.48. The van der Waals surface area contributed by atoms with Crippen LogP contribution >= 0.6 is 11.8 Å². The van der Waals surface area contributed by atoms with Crippen LogP contribution in [0.1, 0.15) is 30.1 Å². The van der Waals surface area contributed by atoms with Crippen LogP contribution in [0, 0.1) is 0 Å². The van der Waals surface area contributed by atoms with Gasteiger partial charge in [0, 0.05) is 47.4 Å². The summed E-state index contributed by atoms with van der Waals surface area (Å²) in [5.41, 5.74) is 2.34. The Morgan fingerprint density at radius 2 is 1.79 bits per heavy atom. The second-order valence-electron chi connectivity index (χ2n) is 7.86. The fraction of sp³-hybridized carbons (Fsp3) is 0.208. The smallest absolute Gasteiger partial charge is 0.255 e. The minimum absolute atomic E-state index is 0.133. The van der Waals surface area contributed by atoms with Gasteiger partial charge in [-0.15, -0.1) is 5.10 Å². The number of hydrogen-bond acceptors (Lipinski definition) is 8. The van der Waals surface area contributed by atoms with Gasteiger partial charge in [-0.05, 0) is 61.5 Å². The lowest BCUT2D eigenvalue weighted by atomic mass is 10.2. The number of amidine groups is 1. The van der Waals surface area contributed by atoms with Gasteiger partial charge in [-0.1, -0.05) is 18.2 Å². The van der Waals surface area contributed by atoms with Crippen LogP contribution in [0.25, 0.3) is 0 Å². The maximum atomic E-state index is 12.4. The summed E-state index contributed by atoms with van der Waals surface area (Å²) < 4.78 is 0. The van der Waals surface area contributed by atoms with Crippen molar-refractivity contribution in [3.63, 3.8) is 0 Å². The Morgan fingerprint density at radius 1 is 1.00 bits per heavy atom. The van der Waals surface area contributed by atoms with Crippen molar-refractivity contribution in [2.75, 3.05) is 28.6 Å². The van der Waals surface area contributed by atoms with E-state index in [0.29, 0.717) is 23.0 Å². The Hall–Kier alpha value is -3.72. The number of carbonyl (C=O) groups excluding carboxylic acids is 1. The van der Waals surface area contributed by atoms with E-state index in [9.17, 15) is 4.79 Å². The monoisotopic (exact) mass is 457 g/mol. The average molecular weight is 458 g/mol. The highest BCUT2D eigenvalue weighted by Gasteiger charge is 2.19. The molecule has 33 heavy (non-hydrogen) atoms. The molecule has 8 nitrogen and oxygen atoms in total. The van der Waals surface area contributed by atoms with Gasteiger partial charge in [0.2, 0.25) is 0 Å². The Morgan fingerprint density at radius 3 is 2.45 bits per heavy atom. The number of amides is 1. The van der Waals surface area contributed by atoms with Crippen LogP contribution in [-0.4, -0.2) is 40.5 Å². The van der Waals surface area contributed by atoms with Crippen LogP contribution in [0.15, 0.2) is 80.9 Å². The van der Waals surface area contributed by atoms with E-state index in [1.807, 2.05) is 55.5 Å². The zero-order valence-corrected chi connectivity index (χ0v) is 19.0.